The number of hydrogen-bond acceptors (Lipinski definition) is 2. The van der Waals surface area contributed by atoms with E-state index in [1.165, 1.54) is 0 Å². The number of carbonyl (C=O) groups is 1. The Kier molecular flexibility index (Phi) is 3.45. The summed E-state index contributed by atoms with van der Waals surface area (Å²) in [5.74, 6) is 0.0954. The van der Waals surface area contributed by atoms with Gasteiger partial charge in [-0.25, -0.2) is 0 Å². The molecule has 3 heteroatoms. The molecule has 1 amide bonds. The summed E-state index contributed by atoms with van der Waals surface area (Å²) in [6, 6.07) is 19.3. The van der Waals surface area contributed by atoms with Crippen LogP contribution in [0.2, 0.25) is 0 Å². The number of amides is 1. The lowest BCUT2D eigenvalue weighted by molar-refractivity contribution is -0.123. The minimum absolute atomic E-state index is 0.0954. The molecule has 1 N–H and O–H groups in total. The lowest BCUT2D eigenvalue weighted by atomic mass is 9.95. The zero-order chi connectivity index (χ0) is 14.7. The van der Waals surface area contributed by atoms with Gasteiger partial charge in [0, 0.05) is 6.54 Å². The molecular weight excluding hydrogens is 260 g/mol. The van der Waals surface area contributed by atoms with Gasteiger partial charge in [0.25, 0.3) is 0 Å². The van der Waals surface area contributed by atoms with E-state index in [0.717, 1.165) is 24.0 Å². The Bertz CT molecular complexity index is 679. The summed E-state index contributed by atoms with van der Waals surface area (Å²) in [4.78, 5) is 12.5. The number of nitrogens with one attached hydrogen (secondary N) is 1. The van der Waals surface area contributed by atoms with Gasteiger partial charge in [-0.2, -0.15) is 5.26 Å². The van der Waals surface area contributed by atoms with Gasteiger partial charge in [0.1, 0.15) is 0 Å². The van der Waals surface area contributed by atoms with E-state index in [4.69, 9.17) is 5.26 Å². The quantitative estimate of drug-likeness (QED) is 0.933. The Morgan fingerprint density at radius 1 is 1.10 bits per heavy atom. The summed E-state index contributed by atoms with van der Waals surface area (Å²) < 4.78 is 0. The smallest absolute Gasteiger partial charge is 0.230 e. The molecule has 0 spiro atoms. The highest BCUT2D eigenvalue weighted by Crippen LogP contribution is 2.48. The maximum Gasteiger partial charge on any atom is 0.230 e. The average Bonchev–Trinajstić information content (AvgIpc) is 3.36. The standard InChI is InChI=1S/C18H16N2O/c19-12-14-6-8-15(9-7-14)13-20-17(21)18(10-11-18)16-4-2-1-3-5-16/h1-9H,10-11,13H2,(H,20,21). The number of rotatable bonds is 4. The van der Waals surface area contributed by atoms with Gasteiger partial charge in [-0.15, -0.1) is 0 Å². The van der Waals surface area contributed by atoms with Crippen molar-refractivity contribution >= 4 is 5.91 Å². The van der Waals surface area contributed by atoms with E-state index in [0.29, 0.717) is 12.1 Å². The largest absolute Gasteiger partial charge is 0.351 e. The SMILES string of the molecule is N#Cc1ccc(CNC(=O)C2(c3ccccc3)CC2)cc1. The summed E-state index contributed by atoms with van der Waals surface area (Å²) in [7, 11) is 0. The maximum atomic E-state index is 12.5. The van der Waals surface area contributed by atoms with Crippen LogP contribution >= 0.6 is 0 Å². The lowest BCUT2D eigenvalue weighted by Crippen LogP contribution is -2.34. The van der Waals surface area contributed by atoms with E-state index >= 15 is 0 Å². The topological polar surface area (TPSA) is 52.9 Å². The Morgan fingerprint density at radius 3 is 2.33 bits per heavy atom. The molecule has 0 aliphatic heterocycles. The Labute approximate surface area is 124 Å². The molecule has 2 aromatic rings. The second kappa shape index (κ2) is 5.41. The van der Waals surface area contributed by atoms with Crippen molar-refractivity contribution in [3.8, 4) is 6.07 Å². The van der Waals surface area contributed by atoms with Crippen LogP contribution in [0.3, 0.4) is 0 Å². The van der Waals surface area contributed by atoms with Crippen molar-refractivity contribution in [2.75, 3.05) is 0 Å². The van der Waals surface area contributed by atoms with Gasteiger partial charge in [0.05, 0.1) is 17.0 Å². The van der Waals surface area contributed by atoms with Gasteiger partial charge in [0.15, 0.2) is 0 Å². The van der Waals surface area contributed by atoms with Crippen LogP contribution in [-0.2, 0) is 16.8 Å². The van der Waals surface area contributed by atoms with Crippen molar-refractivity contribution in [2.24, 2.45) is 0 Å². The molecule has 3 rings (SSSR count). The summed E-state index contributed by atoms with van der Waals surface area (Å²) in [5.41, 5.74) is 2.41. The highest BCUT2D eigenvalue weighted by atomic mass is 16.2. The van der Waals surface area contributed by atoms with Gasteiger partial charge >= 0.3 is 0 Å². The summed E-state index contributed by atoms with van der Waals surface area (Å²) >= 11 is 0. The Hall–Kier alpha value is -2.60. The van der Waals surface area contributed by atoms with E-state index in [1.54, 1.807) is 12.1 Å². The van der Waals surface area contributed by atoms with Crippen LogP contribution in [0, 0.1) is 11.3 Å². The van der Waals surface area contributed by atoms with Crippen molar-refractivity contribution in [2.45, 2.75) is 24.8 Å². The molecule has 0 saturated heterocycles. The number of hydrogen-bond donors (Lipinski definition) is 1. The van der Waals surface area contributed by atoms with Crippen LogP contribution in [0.1, 0.15) is 29.5 Å². The van der Waals surface area contributed by atoms with Gasteiger partial charge < -0.3 is 5.32 Å². The second-order valence-electron chi connectivity index (χ2n) is 5.44. The van der Waals surface area contributed by atoms with Crippen LogP contribution in [0.4, 0.5) is 0 Å². The minimum atomic E-state index is -0.326. The van der Waals surface area contributed by atoms with Crippen LogP contribution in [-0.4, -0.2) is 5.91 Å². The van der Waals surface area contributed by atoms with Crippen LogP contribution in [0.15, 0.2) is 54.6 Å². The molecule has 0 unspecified atom stereocenters. The first-order valence-electron chi connectivity index (χ1n) is 7.07. The van der Waals surface area contributed by atoms with Crippen molar-refractivity contribution in [3.63, 3.8) is 0 Å². The van der Waals surface area contributed by atoms with Crippen molar-refractivity contribution in [3.05, 3.63) is 71.3 Å². The molecule has 0 radical (unpaired) electrons. The van der Waals surface area contributed by atoms with Gasteiger partial charge in [-0.05, 0) is 36.1 Å². The predicted octanol–water partition coefficient (Wildman–Crippen LogP) is 2.91. The molecule has 1 fully saturated rings. The average molecular weight is 276 g/mol. The number of benzene rings is 2. The van der Waals surface area contributed by atoms with Gasteiger partial charge in [0.2, 0.25) is 5.91 Å². The van der Waals surface area contributed by atoms with E-state index < -0.39 is 0 Å². The molecule has 2 aromatic carbocycles. The molecule has 1 aliphatic carbocycles. The fourth-order valence-electron chi connectivity index (χ4n) is 2.58. The molecule has 0 atom stereocenters. The van der Waals surface area contributed by atoms with Crippen molar-refractivity contribution < 1.29 is 4.79 Å². The number of carbonyl (C=O) groups excluding carboxylic acids is 1. The Balaban J connectivity index is 1.66. The zero-order valence-electron chi connectivity index (χ0n) is 11.7. The minimum Gasteiger partial charge on any atom is -0.351 e. The van der Waals surface area contributed by atoms with Crippen molar-refractivity contribution in [1.29, 1.82) is 5.26 Å². The maximum absolute atomic E-state index is 12.5. The summed E-state index contributed by atoms with van der Waals surface area (Å²) in [5, 5.41) is 11.8. The number of nitriles is 1. The molecule has 0 bridgehead atoms. The molecule has 21 heavy (non-hydrogen) atoms. The van der Waals surface area contributed by atoms with Gasteiger partial charge in [-0.1, -0.05) is 42.5 Å². The van der Waals surface area contributed by atoms with Crippen molar-refractivity contribution in [1.82, 2.24) is 5.32 Å². The number of nitrogens with zero attached hydrogens (tertiary/aromatic N) is 1. The second-order valence-corrected chi connectivity index (χ2v) is 5.44. The van der Waals surface area contributed by atoms with E-state index in [-0.39, 0.29) is 11.3 Å². The third kappa shape index (κ3) is 2.66. The molecule has 3 nitrogen and oxygen atoms in total. The molecule has 0 aromatic heterocycles. The monoisotopic (exact) mass is 276 g/mol. The predicted molar refractivity (Wildman–Crippen MR) is 80.4 cm³/mol. The van der Waals surface area contributed by atoms with E-state index in [1.807, 2.05) is 42.5 Å². The molecule has 1 saturated carbocycles. The van der Waals surface area contributed by atoms with Gasteiger partial charge in [-0.3, -0.25) is 4.79 Å². The highest BCUT2D eigenvalue weighted by molar-refractivity contribution is 5.91. The van der Waals surface area contributed by atoms with E-state index in [9.17, 15) is 4.79 Å². The zero-order valence-corrected chi connectivity index (χ0v) is 11.7. The Morgan fingerprint density at radius 2 is 1.76 bits per heavy atom. The van der Waals surface area contributed by atoms with Crippen LogP contribution in [0.25, 0.3) is 0 Å². The van der Waals surface area contributed by atoms with Crippen LogP contribution < -0.4 is 5.32 Å². The third-order valence-corrected chi connectivity index (χ3v) is 4.05. The summed E-state index contributed by atoms with van der Waals surface area (Å²) in [6.45, 7) is 0.499. The first-order valence-corrected chi connectivity index (χ1v) is 7.07. The molecular formula is C18H16N2O. The normalized spacial score (nSPS) is 15.0. The van der Waals surface area contributed by atoms with Crippen LogP contribution in [0.5, 0.6) is 0 Å². The first-order chi connectivity index (χ1) is 10.2. The van der Waals surface area contributed by atoms with E-state index in [2.05, 4.69) is 11.4 Å². The summed E-state index contributed by atoms with van der Waals surface area (Å²) in [6.07, 6.45) is 1.83. The fourth-order valence-corrected chi connectivity index (χ4v) is 2.58. The fraction of sp³-hybridized carbons (Fsp3) is 0.222. The molecule has 1 aliphatic rings. The molecule has 104 valence electrons. The molecule has 0 heterocycles. The third-order valence-electron chi connectivity index (χ3n) is 4.05. The first kappa shape index (κ1) is 13.4. The lowest BCUT2D eigenvalue weighted by Gasteiger charge is -2.15. The highest BCUT2D eigenvalue weighted by Gasteiger charge is 2.50.